The van der Waals surface area contributed by atoms with Crippen LogP contribution in [0.2, 0.25) is 0 Å². The number of aryl methyl sites for hydroxylation is 2. The summed E-state index contributed by atoms with van der Waals surface area (Å²) in [5.41, 5.74) is 4.35. The van der Waals surface area contributed by atoms with Crippen LogP contribution < -0.4 is 5.32 Å². The Morgan fingerprint density at radius 1 is 1.25 bits per heavy atom. The summed E-state index contributed by atoms with van der Waals surface area (Å²) in [5, 5.41) is 9.94. The van der Waals surface area contributed by atoms with E-state index < -0.39 is 0 Å². The number of aromatic amines is 1. The van der Waals surface area contributed by atoms with Crippen LogP contribution in [0, 0.1) is 20.8 Å². The number of hydrogen-bond acceptors (Lipinski definition) is 3. The highest BCUT2D eigenvalue weighted by Crippen LogP contribution is 2.21. The van der Waals surface area contributed by atoms with Gasteiger partial charge in [-0.1, -0.05) is 12.1 Å². The molecule has 124 valence electrons. The smallest absolute Gasteiger partial charge is 0.257 e. The van der Waals surface area contributed by atoms with E-state index in [1.807, 2.05) is 51.1 Å². The largest absolute Gasteiger partial charge is 0.349 e. The minimum absolute atomic E-state index is 0.105. The van der Waals surface area contributed by atoms with Crippen molar-refractivity contribution in [2.24, 2.45) is 0 Å². The lowest BCUT2D eigenvalue weighted by Gasteiger charge is -2.08. The summed E-state index contributed by atoms with van der Waals surface area (Å²) in [6.07, 6.45) is 0. The van der Waals surface area contributed by atoms with Crippen molar-refractivity contribution >= 4 is 11.6 Å². The van der Waals surface area contributed by atoms with Gasteiger partial charge in [0.05, 0.1) is 5.56 Å². The molecule has 0 aliphatic heterocycles. The molecule has 0 aliphatic rings. The molecule has 3 rings (SSSR count). The zero-order valence-corrected chi connectivity index (χ0v) is 14.3. The number of nitrogens with one attached hydrogen (secondary N) is 2. The number of nitrogens with zero attached hydrogens (tertiary/aromatic N) is 3. The molecular formula is C18H21N5O. The van der Waals surface area contributed by atoms with Gasteiger partial charge in [-0.2, -0.15) is 5.10 Å². The molecule has 2 N–H and O–H groups in total. The average molecular weight is 323 g/mol. The van der Waals surface area contributed by atoms with Crippen molar-refractivity contribution in [1.29, 1.82) is 0 Å². The number of aromatic nitrogens is 4. The first-order chi connectivity index (χ1) is 11.5. The molecule has 1 amide bonds. The van der Waals surface area contributed by atoms with Crippen LogP contribution >= 0.6 is 0 Å². The van der Waals surface area contributed by atoms with E-state index in [0.29, 0.717) is 11.4 Å². The Bertz CT molecular complexity index is 891. The quantitative estimate of drug-likeness (QED) is 0.772. The summed E-state index contributed by atoms with van der Waals surface area (Å²) >= 11 is 0. The third-order valence-electron chi connectivity index (χ3n) is 4.11. The maximum Gasteiger partial charge on any atom is 0.257 e. The lowest BCUT2D eigenvalue weighted by molar-refractivity contribution is 0.102. The van der Waals surface area contributed by atoms with E-state index in [-0.39, 0.29) is 5.91 Å². The molecule has 0 bridgehead atoms. The maximum absolute atomic E-state index is 12.6. The van der Waals surface area contributed by atoms with Gasteiger partial charge in [0, 0.05) is 29.2 Å². The zero-order valence-electron chi connectivity index (χ0n) is 14.3. The van der Waals surface area contributed by atoms with Gasteiger partial charge in [-0.15, -0.1) is 0 Å². The molecule has 6 nitrogen and oxygen atoms in total. The van der Waals surface area contributed by atoms with Gasteiger partial charge in [0.2, 0.25) is 0 Å². The molecule has 6 heteroatoms. The summed E-state index contributed by atoms with van der Waals surface area (Å²) < 4.78 is 2.13. The normalized spacial score (nSPS) is 10.8. The van der Waals surface area contributed by atoms with Gasteiger partial charge < -0.3 is 9.88 Å². The van der Waals surface area contributed by atoms with Gasteiger partial charge >= 0.3 is 0 Å². The number of anilines is 1. The van der Waals surface area contributed by atoms with E-state index in [1.165, 1.54) is 0 Å². The van der Waals surface area contributed by atoms with Gasteiger partial charge in [-0.3, -0.25) is 9.89 Å². The molecule has 0 spiro atoms. The summed E-state index contributed by atoms with van der Waals surface area (Å²) in [7, 11) is 0. The Balaban J connectivity index is 1.85. The SMILES string of the molecule is CCn1c(C)cc(C(=O)Nc2cccc(-c3n[nH]c(C)n3)c2)c1C. The lowest BCUT2D eigenvalue weighted by Crippen LogP contribution is -2.13. The molecule has 0 atom stereocenters. The summed E-state index contributed by atoms with van der Waals surface area (Å²) in [6.45, 7) is 8.76. The van der Waals surface area contributed by atoms with Crippen LogP contribution in [0.25, 0.3) is 11.4 Å². The first-order valence-corrected chi connectivity index (χ1v) is 7.97. The summed E-state index contributed by atoms with van der Waals surface area (Å²) in [5.74, 6) is 1.27. The Kier molecular flexibility index (Phi) is 4.20. The number of rotatable bonds is 4. The molecule has 2 heterocycles. The van der Waals surface area contributed by atoms with Crippen LogP contribution in [0.1, 0.15) is 34.5 Å². The van der Waals surface area contributed by atoms with Crippen molar-refractivity contribution in [3.63, 3.8) is 0 Å². The molecule has 2 aromatic heterocycles. The topological polar surface area (TPSA) is 75.6 Å². The van der Waals surface area contributed by atoms with E-state index in [1.54, 1.807) is 0 Å². The second-order valence-electron chi connectivity index (χ2n) is 5.81. The number of amides is 1. The fourth-order valence-corrected chi connectivity index (χ4v) is 2.92. The standard InChI is InChI=1S/C18H21N5O/c1-5-23-11(2)9-16(12(23)3)18(24)20-15-8-6-7-14(10-15)17-19-13(4)21-22-17/h6-10H,5H2,1-4H3,(H,20,24)(H,19,21,22). The summed E-state index contributed by atoms with van der Waals surface area (Å²) in [4.78, 5) is 16.9. The van der Waals surface area contributed by atoms with Crippen molar-refractivity contribution in [2.75, 3.05) is 5.32 Å². The van der Waals surface area contributed by atoms with Crippen molar-refractivity contribution in [3.8, 4) is 11.4 Å². The molecule has 3 aromatic rings. The van der Waals surface area contributed by atoms with Gasteiger partial charge in [-0.25, -0.2) is 4.98 Å². The molecule has 0 unspecified atom stereocenters. The number of carbonyl (C=O) groups is 1. The van der Waals surface area contributed by atoms with Crippen LogP contribution in [-0.2, 0) is 6.54 Å². The minimum atomic E-state index is -0.105. The van der Waals surface area contributed by atoms with Crippen LogP contribution in [0.15, 0.2) is 30.3 Å². The van der Waals surface area contributed by atoms with Crippen molar-refractivity contribution in [3.05, 3.63) is 53.1 Å². The number of benzene rings is 1. The molecule has 0 aliphatic carbocycles. The third kappa shape index (κ3) is 2.95. The molecule has 0 saturated heterocycles. The first-order valence-electron chi connectivity index (χ1n) is 7.97. The molecule has 0 saturated carbocycles. The van der Waals surface area contributed by atoms with Crippen LogP contribution in [0.4, 0.5) is 5.69 Å². The van der Waals surface area contributed by atoms with E-state index in [4.69, 9.17) is 0 Å². The molecule has 0 fully saturated rings. The highest BCUT2D eigenvalue weighted by atomic mass is 16.1. The van der Waals surface area contributed by atoms with E-state index in [2.05, 4.69) is 32.0 Å². The summed E-state index contributed by atoms with van der Waals surface area (Å²) in [6, 6.07) is 9.46. The van der Waals surface area contributed by atoms with Gasteiger partial charge in [0.1, 0.15) is 5.82 Å². The van der Waals surface area contributed by atoms with Crippen molar-refractivity contribution in [1.82, 2.24) is 19.7 Å². The van der Waals surface area contributed by atoms with Crippen LogP contribution in [0.3, 0.4) is 0 Å². The highest BCUT2D eigenvalue weighted by Gasteiger charge is 2.15. The minimum Gasteiger partial charge on any atom is -0.349 e. The number of hydrogen-bond donors (Lipinski definition) is 2. The molecule has 24 heavy (non-hydrogen) atoms. The Labute approximate surface area is 140 Å². The van der Waals surface area contributed by atoms with Gasteiger partial charge in [-0.05, 0) is 45.9 Å². The maximum atomic E-state index is 12.6. The monoisotopic (exact) mass is 323 g/mol. The van der Waals surface area contributed by atoms with E-state index in [0.717, 1.165) is 35.0 Å². The Hall–Kier alpha value is -2.89. The van der Waals surface area contributed by atoms with Gasteiger partial charge in [0.25, 0.3) is 5.91 Å². The molecule has 1 aromatic carbocycles. The second kappa shape index (κ2) is 6.31. The fourth-order valence-electron chi connectivity index (χ4n) is 2.92. The first kappa shape index (κ1) is 16.0. The number of H-pyrrole nitrogens is 1. The average Bonchev–Trinajstić information content (AvgIpc) is 3.11. The van der Waals surface area contributed by atoms with Gasteiger partial charge in [0.15, 0.2) is 5.82 Å². The van der Waals surface area contributed by atoms with Crippen molar-refractivity contribution in [2.45, 2.75) is 34.2 Å². The van der Waals surface area contributed by atoms with E-state index in [9.17, 15) is 4.79 Å². The Morgan fingerprint density at radius 3 is 2.67 bits per heavy atom. The fraction of sp³-hybridized carbons (Fsp3) is 0.278. The van der Waals surface area contributed by atoms with Crippen LogP contribution in [-0.4, -0.2) is 25.7 Å². The van der Waals surface area contributed by atoms with Crippen LogP contribution in [0.5, 0.6) is 0 Å². The zero-order chi connectivity index (χ0) is 17.3. The predicted molar refractivity (Wildman–Crippen MR) is 94.1 cm³/mol. The molecular weight excluding hydrogens is 302 g/mol. The Morgan fingerprint density at radius 2 is 2.04 bits per heavy atom. The van der Waals surface area contributed by atoms with E-state index >= 15 is 0 Å². The highest BCUT2D eigenvalue weighted by molar-refractivity contribution is 6.05. The second-order valence-corrected chi connectivity index (χ2v) is 5.81. The third-order valence-corrected chi connectivity index (χ3v) is 4.11. The predicted octanol–water partition coefficient (Wildman–Crippen LogP) is 3.47. The number of carbonyl (C=O) groups excluding carboxylic acids is 1. The van der Waals surface area contributed by atoms with Crippen molar-refractivity contribution < 1.29 is 4.79 Å². The molecule has 0 radical (unpaired) electrons. The lowest BCUT2D eigenvalue weighted by atomic mass is 10.1.